The van der Waals surface area contributed by atoms with Gasteiger partial charge in [0.15, 0.2) is 0 Å². The van der Waals surface area contributed by atoms with E-state index in [4.69, 9.17) is 5.11 Å². The molecule has 7 heteroatoms. The van der Waals surface area contributed by atoms with E-state index in [-0.39, 0.29) is 17.7 Å². The number of rotatable bonds is 4. The quantitative estimate of drug-likeness (QED) is 0.853. The molecule has 0 fully saturated rings. The normalized spacial score (nSPS) is 21.5. The number of fused-ring (bicyclic) bond motifs is 2. The zero-order valence-corrected chi connectivity index (χ0v) is 14.5. The van der Waals surface area contributed by atoms with E-state index in [9.17, 15) is 18.3 Å². The lowest BCUT2D eigenvalue weighted by Crippen LogP contribution is -2.42. The second kappa shape index (κ2) is 6.35. The Kier molecular flexibility index (Phi) is 4.24. The molecule has 0 amide bonds. The maximum atomic E-state index is 13.9. The third-order valence-electron chi connectivity index (χ3n) is 5.22. The predicted octanol–water partition coefficient (Wildman–Crippen LogP) is 3.80. The van der Waals surface area contributed by atoms with Gasteiger partial charge in [-0.1, -0.05) is 30.4 Å². The Morgan fingerprint density at radius 1 is 1.26 bits per heavy atom. The highest BCUT2D eigenvalue weighted by molar-refractivity contribution is 5.91. The van der Waals surface area contributed by atoms with Gasteiger partial charge < -0.3 is 10.2 Å². The Morgan fingerprint density at radius 3 is 2.81 bits per heavy atom. The summed E-state index contributed by atoms with van der Waals surface area (Å²) in [6.07, 6.45) is 3.26. The summed E-state index contributed by atoms with van der Waals surface area (Å²) in [5, 5.41) is 24.0. The molecule has 142 valence electrons. The van der Waals surface area contributed by atoms with Gasteiger partial charge in [-0.25, -0.2) is 0 Å². The van der Waals surface area contributed by atoms with Crippen LogP contribution in [0.3, 0.4) is 0 Å². The molecule has 1 atom stereocenters. The second-order valence-electron chi connectivity index (χ2n) is 6.84. The number of aromatic nitrogens is 2. The molecule has 0 spiro atoms. The summed E-state index contributed by atoms with van der Waals surface area (Å²) >= 11 is 0. The molecule has 0 saturated heterocycles. The minimum absolute atomic E-state index is 0.0388. The highest BCUT2D eigenvalue weighted by Crippen LogP contribution is 2.57. The summed E-state index contributed by atoms with van der Waals surface area (Å²) in [6, 6.07) is 4.66. The molecular weight excluding hydrogens is 357 g/mol. The average molecular weight is 376 g/mol. The summed E-state index contributed by atoms with van der Waals surface area (Å²) in [5.74, 6) is 0. The Bertz CT molecular complexity index is 943. The Hall–Kier alpha value is -2.38. The third-order valence-corrected chi connectivity index (χ3v) is 5.22. The van der Waals surface area contributed by atoms with Gasteiger partial charge >= 0.3 is 6.18 Å². The van der Waals surface area contributed by atoms with Crippen molar-refractivity contribution < 1.29 is 23.4 Å². The van der Waals surface area contributed by atoms with E-state index in [1.807, 2.05) is 0 Å². The number of alkyl halides is 3. The summed E-state index contributed by atoms with van der Waals surface area (Å²) in [5.41, 5.74) is -0.853. The van der Waals surface area contributed by atoms with Crippen molar-refractivity contribution in [2.45, 2.75) is 37.6 Å². The molecule has 1 unspecified atom stereocenters. The van der Waals surface area contributed by atoms with Crippen LogP contribution in [-0.2, 0) is 12.1 Å². The van der Waals surface area contributed by atoms with Crippen LogP contribution in [0.15, 0.2) is 48.3 Å². The van der Waals surface area contributed by atoms with Gasteiger partial charge in [0.1, 0.15) is 0 Å². The fraction of sp³-hybridized carbons (Fsp3) is 0.350. The van der Waals surface area contributed by atoms with Crippen LogP contribution in [0.5, 0.6) is 0 Å². The second-order valence-corrected chi connectivity index (χ2v) is 6.84. The lowest BCUT2D eigenvalue weighted by Gasteiger charge is -2.30. The summed E-state index contributed by atoms with van der Waals surface area (Å²) in [4.78, 5) is 0. The molecule has 0 radical (unpaired) electrons. The van der Waals surface area contributed by atoms with Crippen molar-refractivity contribution in [2.24, 2.45) is 0 Å². The number of aliphatic hydroxyl groups excluding tert-OH is 1. The Labute approximate surface area is 154 Å². The molecule has 0 bridgehead atoms. The summed E-state index contributed by atoms with van der Waals surface area (Å²) in [6.45, 7) is 0.561. The number of benzene rings is 1. The first-order valence-corrected chi connectivity index (χ1v) is 8.84. The predicted molar refractivity (Wildman–Crippen MR) is 94.6 cm³/mol. The maximum absolute atomic E-state index is 13.9. The SMILES string of the molecule is OCCCn1cc(-c2cccc3c2C2=C(C=CCC2)C3(O)C(F)(F)F)cn1. The van der Waals surface area contributed by atoms with E-state index in [0.717, 1.165) is 0 Å². The van der Waals surface area contributed by atoms with Gasteiger partial charge in [-0.2, -0.15) is 18.3 Å². The molecule has 2 N–H and O–H groups in total. The number of nitrogens with zero attached hydrogens (tertiary/aromatic N) is 2. The smallest absolute Gasteiger partial charge is 0.396 e. The van der Waals surface area contributed by atoms with Crippen LogP contribution in [0.4, 0.5) is 13.2 Å². The molecule has 0 saturated carbocycles. The minimum Gasteiger partial charge on any atom is -0.396 e. The Morgan fingerprint density at radius 2 is 2.07 bits per heavy atom. The number of aliphatic hydroxyl groups is 2. The first-order valence-electron chi connectivity index (χ1n) is 8.84. The van der Waals surface area contributed by atoms with Gasteiger partial charge in [0, 0.05) is 36.0 Å². The first-order chi connectivity index (χ1) is 12.9. The topological polar surface area (TPSA) is 58.3 Å². The number of allylic oxidation sites excluding steroid dienone is 2. The zero-order chi connectivity index (χ0) is 19.2. The van der Waals surface area contributed by atoms with Crippen LogP contribution < -0.4 is 0 Å². The van der Waals surface area contributed by atoms with Crippen molar-refractivity contribution >= 4 is 5.57 Å². The van der Waals surface area contributed by atoms with Crippen molar-refractivity contribution in [3.05, 3.63) is 59.4 Å². The summed E-state index contributed by atoms with van der Waals surface area (Å²) in [7, 11) is 0. The van der Waals surface area contributed by atoms with E-state index in [1.54, 1.807) is 29.2 Å². The monoisotopic (exact) mass is 376 g/mol. The molecule has 4 nitrogen and oxygen atoms in total. The average Bonchev–Trinajstić information content (AvgIpc) is 3.22. The van der Waals surface area contributed by atoms with Crippen LogP contribution >= 0.6 is 0 Å². The van der Waals surface area contributed by atoms with Crippen LogP contribution in [0.1, 0.15) is 30.4 Å². The largest absolute Gasteiger partial charge is 0.425 e. The number of hydrogen-bond donors (Lipinski definition) is 2. The fourth-order valence-electron chi connectivity index (χ4n) is 3.99. The van der Waals surface area contributed by atoms with Gasteiger partial charge in [0.25, 0.3) is 0 Å². The molecule has 27 heavy (non-hydrogen) atoms. The molecule has 2 aliphatic rings. The lowest BCUT2D eigenvalue weighted by atomic mass is 9.87. The van der Waals surface area contributed by atoms with E-state index in [2.05, 4.69) is 5.10 Å². The number of aryl methyl sites for hydroxylation is 1. The van der Waals surface area contributed by atoms with Crippen LogP contribution in [-0.4, -0.2) is 32.8 Å². The highest BCUT2D eigenvalue weighted by atomic mass is 19.4. The van der Waals surface area contributed by atoms with Gasteiger partial charge in [-0.05, 0) is 36.0 Å². The van der Waals surface area contributed by atoms with Crippen LogP contribution in [0, 0.1) is 0 Å². The zero-order valence-electron chi connectivity index (χ0n) is 14.5. The van der Waals surface area contributed by atoms with Gasteiger partial charge in [0.05, 0.1) is 6.20 Å². The first kappa shape index (κ1) is 18.0. The van der Waals surface area contributed by atoms with E-state index in [1.165, 1.54) is 18.2 Å². The standard InChI is InChI=1S/C20H19F3N2O2/c21-20(22,23)19(27)16-7-2-1-5-15(16)18-14(6-3-8-17(18)19)13-11-24-25(12-13)9-4-10-26/h2-3,6-8,11-12,26-27H,1,4-5,9-10H2. The molecule has 2 aromatic rings. The molecule has 1 aromatic heterocycles. The van der Waals surface area contributed by atoms with Crippen LogP contribution in [0.25, 0.3) is 16.7 Å². The van der Waals surface area contributed by atoms with E-state index >= 15 is 0 Å². The van der Waals surface area contributed by atoms with Crippen molar-refractivity contribution in [3.8, 4) is 11.1 Å². The maximum Gasteiger partial charge on any atom is 0.425 e. The third kappa shape index (κ3) is 2.64. The minimum atomic E-state index is -4.82. The number of hydrogen-bond acceptors (Lipinski definition) is 3. The molecular formula is C20H19F3N2O2. The Balaban J connectivity index is 1.89. The number of halogens is 3. The van der Waals surface area contributed by atoms with Gasteiger partial charge in [-0.15, -0.1) is 0 Å². The molecule has 2 aliphatic carbocycles. The molecule has 1 heterocycles. The van der Waals surface area contributed by atoms with Crippen molar-refractivity contribution in [1.82, 2.24) is 9.78 Å². The van der Waals surface area contributed by atoms with E-state index in [0.29, 0.717) is 48.1 Å². The molecule has 4 rings (SSSR count). The fourth-order valence-corrected chi connectivity index (χ4v) is 3.99. The summed E-state index contributed by atoms with van der Waals surface area (Å²) < 4.78 is 43.4. The molecule has 0 aliphatic heterocycles. The lowest BCUT2D eigenvalue weighted by molar-refractivity contribution is -0.247. The highest BCUT2D eigenvalue weighted by Gasteiger charge is 2.61. The van der Waals surface area contributed by atoms with Gasteiger partial charge in [0.2, 0.25) is 5.60 Å². The molecule has 1 aromatic carbocycles. The van der Waals surface area contributed by atoms with Crippen molar-refractivity contribution in [2.75, 3.05) is 6.61 Å². The van der Waals surface area contributed by atoms with Gasteiger partial charge in [-0.3, -0.25) is 4.68 Å². The van der Waals surface area contributed by atoms with Crippen molar-refractivity contribution in [3.63, 3.8) is 0 Å². The van der Waals surface area contributed by atoms with E-state index < -0.39 is 11.8 Å². The van der Waals surface area contributed by atoms with Crippen molar-refractivity contribution in [1.29, 1.82) is 0 Å². The van der Waals surface area contributed by atoms with Crippen LogP contribution in [0.2, 0.25) is 0 Å².